The van der Waals surface area contributed by atoms with Gasteiger partial charge in [0.25, 0.3) is 0 Å². The summed E-state index contributed by atoms with van der Waals surface area (Å²) < 4.78 is 0. The van der Waals surface area contributed by atoms with Crippen molar-refractivity contribution in [1.29, 1.82) is 5.26 Å². The summed E-state index contributed by atoms with van der Waals surface area (Å²) in [5.41, 5.74) is 2.01. The summed E-state index contributed by atoms with van der Waals surface area (Å²) in [4.78, 5) is 2.38. The average Bonchev–Trinajstić information content (AvgIpc) is 2.80. The van der Waals surface area contributed by atoms with Crippen LogP contribution in [0.1, 0.15) is 36.9 Å². The van der Waals surface area contributed by atoms with E-state index in [1.165, 1.54) is 18.4 Å². The molecule has 1 aliphatic rings. The van der Waals surface area contributed by atoms with Gasteiger partial charge in [0.1, 0.15) is 0 Å². The topological polar surface area (TPSA) is 39.1 Å². The van der Waals surface area contributed by atoms with Crippen molar-refractivity contribution < 1.29 is 0 Å². The van der Waals surface area contributed by atoms with Gasteiger partial charge in [-0.25, -0.2) is 0 Å². The van der Waals surface area contributed by atoms with E-state index in [1.807, 2.05) is 18.2 Å². The molecule has 0 amide bonds. The van der Waals surface area contributed by atoms with Gasteiger partial charge in [0.15, 0.2) is 0 Å². The zero-order valence-corrected chi connectivity index (χ0v) is 11.9. The molecule has 0 saturated carbocycles. The fourth-order valence-electron chi connectivity index (χ4n) is 3.05. The van der Waals surface area contributed by atoms with Crippen molar-refractivity contribution in [3.63, 3.8) is 0 Å². The molecule has 1 aliphatic heterocycles. The molecule has 1 aromatic carbocycles. The normalized spacial score (nSPS) is 23.4. The highest BCUT2D eigenvalue weighted by molar-refractivity contribution is 5.40. The van der Waals surface area contributed by atoms with Crippen LogP contribution in [0.5, 0.6) is 0 Å². The van der Waals surface area contributed by atoms with E-state index in [1.54, 1.807) is 0 Å². The van der Waals surface area contributed by atoms with E-state index < -0.39 is 0 Å². The Morgan fingerprint density at radius 1 is 1.42 bits per heavy atom. The number of benzene rings is 1. The van der Waals surface area contributed by atoms with Gasteiger partial charge in [-0.05, 0) is 57.1 Å². The van der Waals surface area contributed by atoms with E-state index in [2.05, 4.69) is 36.3 Å². The molecular formula is C16H23N3. The number of rotatable bonds is 5. The summed E-state index contributed by atoms with van der Waals surface area (Å²) >= 11 is 0. The van der Waals surface area contributed by atoms with Crippen LogP contribution in [-0.2, 0) is 0 Å². The summed E-state index contributed by atoms with van der Waals surface area (Å²) in [6, 6.07) is 10.7. The van der Waals surface area contributed by atoms with Crippen molar-refractivity contribution in [2.24, 2.45) is 5.92 Å². The van der Waals surface area contributed by atoms with E-state index in [0.717, 1.165) is 25.2 Å². The van der Waals surface area contributed by atoms with Crippen LogP contribution in [0.3, 0.4) is 0 Å². The molecule has 3 heteroatoms. The first kappa shape index (κ1) is 14.0. The van der Waals surface area contributed by atoms with Crippen molar-refractivity contribution in [2.75, 3.05) is 26.7 Å². The quantitative estimate of drug-likeness (QED) is 0.824. The first-order valence-electron chi connectivity index (χ1n) is 7.18. The molecule has 2 atom stereocenters. The zero-order valence-electron chi connectivity index (χ0n) is 11.9. The number of nitrogens with zero attached hydrogens (tertiary/aromatic N) is 2. The molecule has 1 N–H and O–H groups in total. The molecule has 19 heavy (non-hydrogen) atoms. The minimum atomic E-state index is 0.375. The highest BCUT2D eigenvalue weighted by Crippen LogP contribution is 2.37. The highest BCUT2D eigenvalue weighted by Gasteiger charge is 2.33. The van der Waals surface area contributed by atoms with Gasteiger partial charge in [-0.15, -0.1) is 0 Å². The lowest BCUT2D eigenvalue weighted by molar-refractivity contribution is 0.272. The predicted octanol–water partition coefficient (Wildman–Crippen LogP) is 2.55. The number of likely N-dealkylation sites (tertiary alicyclic amines) is 1. The second-order valence-electron chi connectivity index (χ2n) is 5.38. The summed E-state index contributed by atoms with van der Waals surface area (Å²) in [7, 11) is 2.17. The second kappa shape index (κ2) is 6.70. The Kier molecular flexibility index (Phi) is 4.95. The summed E-state index contributed by atoms with van der Waals surface area (Å²) in [6.07, 6.45) is 2.37. The zero-order chi connectivity index (χ0) is 13.7. The number of hydrogen-bond acceptors (Lipinski definition) is 3. The molecule has 2 unspecified atom stereocenters. The molecule has 0 aliphatic carbocycles. The third kappa shape index (κ3) is 3.15. The second-order valence-corrected chi connectivity index (χ2v) is 5.38. The van der Waals surface area contributed by atoms with Gasteiger partial charge < -0.3 is 5.32 Å². The lowest BCUT2D eigenvalue weighted by Crippen LogP contribution is -2.29. The third-order valence-corrected chi connectivity index (χ3v) is 4.01. The molecule has 0 aromatic heterocycles. The van der Waals surface area contributed by atoms with E-state index >= 15 is 0 Å². The standard InChI is InChI=1S/C16H23N3/c1-3-9-18-12-14-8-10-19(2)16(14)15-7-5-4-6-13(15)11-17/h4-7,14,16,18H,3,8-10,12H2,1-2H3. The molecule has 1 aromatic rings. The van der Waals surface area contributed by atoms with Crippen LogP contribution in [0.4, 0.5) is 0 Å². The van der Waals surface area contributed by atoms with Crippen LogP contribution in [0, 0.1) is 17.2 Å². The summed E-state index contributed by atoms with van der Waals surface area (Å²) in [6.45, 7) is 5.43. The SMILES string of the molecule is CCCNCC1CCN(C)C1c1ccccc1C#N. The molecule has 1 heterocycles. The predicted molar refractivity (Wildman–Crippen MR) is 77.8 cm³/mol. The van der Waals surface area contributed by atoms with Crippen molar-refractivity contribution in [3.8, 4) is 6.07 Å². The Labute approximate surface area is 116 Å². The Balaban J connectivity index is 2.17. The van der Waals surface area contributed by atoms with Gasteiger partial charge in [-0.3, -0.25) is 4.90 Å². The number of nitrogens with one attached hydrogen (secondary N) is 1. The lowest BCUT2D eigenvalue weighted by Gasteiger charge is -2.26. The molecule has 1 saturated heterocycles. The summed E-state index contributed by atoms with van der Waals surface area (Å²) in [5.74, 6) is 0.603. The van der Waals surface area contributed by atoms with Gasteiger partial charge in [0.05, 0.1) is 11.6 Å². The van der Waals surface area contributed by atoms with Gasteiger partial charge in [-0.2, -0.15) is 5.26 Å². The maximum Gasteiger partial charge on any atom is 0.0995 e. The lowest BCUT2D eigenvalue weighted by atomic mass is 9.91. The average molecular weight is 257 g/mol. The fraction of sp³-hybridized carbons (Fsp3) is 0.562. The molecule has 0 radical (unpaired) electrons. The highest BCUT2D eigenvalue weighted by atomic mass is 15.2. The Morgan fingerprint density at radius 3 is 2.95 bits per heavy atom. The van der Waals surface area contributed by atoms with Gasteiger partial charge in [0, 0.05) is 6.04 Å². The molecule has 102 valence electrons. The molecule has 0 bridgehead atoms. The van der Waals surface area contributed by atoms with Gasteiger partial charge >= 0.3 is 0 Å². The summed E-state index contributed by atoms with van der Waals surface area (Å²) in [5, 5.41) is 12.8. The molecule has 0 spiro atoms. The number of hydrogen-bond donors (Lipinski definition) is 1. The van der Waals surface area contributed by atoms with Crippen molar-refractivity contribution in [3.05, 3.63) is 35.4 Å². The fourth-order valence-corrected chi connectivity index (χ4v) is 3.05. The van der Waals surface area contributed by atoms with Gasteiger partial charge in [0.2, 0.25) is 0 Å². The van der Waals surface area contributed by atoms with Crippen molar-refractivity contribution in [1.82, 2.24) is 10.2 Å². The minimum absolute atomic E-state index is 0.375. The molecule has 1 fully saturated rings. The Bertz CT molecular complexity index is 450. The van der Waals surface area contributed by atoms with Crippen molar-refractivity contribution >= 4 is 0 Å². The minimum Gasteiger partial charge on any atom is -0.316 e. The number of nitriles is 1. The van der Waals surface area contributed by atoms with Crippen LogP contribution in [-0.4, -0.2) is 31.6 Å². The van der Waals surface area contributed by atoms with Crippen LogP contribution in [0.15, 0.2) is 24.3 Å². The smallest absolute Gasteiger partial charge is 0.0995 e. The van der Waals surface area contributed by atoms with Crippen LogP contribution in [0.2, 0.25) is 0 Å². The van der Waals surface area contributed by atoms with Crippen LogP contribution >= 0.6 is 0 Å². The van der Waals surface area contributed by atoms with E-state index in [-0.39, 0.29) is 0 Å². The maximum absolute atomic E-state index is 9.28. The van der Waals surface area contributed by atoms with E-state index in [0.29, 0.717) is 12.0 Å². The van der Waals surface area contributed by atoms with Crippen LogP contribution < -0.4 is 5.32 Å². The first-order valence-corrected chi connectivity index (χ1v) is 7.18. The Hall–Kier alpha value is -1.37. The Morgan fingerprint density at radius 2 is 2.21 bits per heavy atom. The van der Waals surface area contributed by atoms with Crippen molar-refractivity contribution in [2.45, 2.75) is 25.8 Å². The largest absolute Gasteiger partial charge is 0.316 e. The van der Waals surface area contributed by atoms with E-state index in [4.69, 9.17) is 0 Å². The van der Waals surface area contributed by atoms with Gasteiger partial charge in [-0.1, -0.05) is 25.1 Å². The molecular weight excluding hydrogens is 234 g/mol. The van der Waals surface area contributed by atoms with Crippen LogP contribution in [0.25, 0.3) is 0 Å². The first-order chi connectivity index (χ1) is 9.27. The monoisotopic (exact) mass is 257 g/mol. The molecule has 2 rings (SSSR count). The molecule has 3 nitrogen and oxygen atoms in total. The van der Waals surface area contributed by atoms with E-state index in [9.17, 15) is 5.26 Å². The third-order valence-electron chi connectivity index (χ3n) is 4.01. The maximum atomic E-state index is 9.28.